The number of aliphatic imine (C=N–C) groups is 1. The molecule has 0 amide bonds. The van der Waals surface area contributed by atoms with E-state index in [2.05, 4.69) is 53.1 Å². The van der Waals surface area contributed by atoms with Crippen LogP contribution in [0.1, 0.15) is 20.8 Å². The fourth-order valence-corrected chi connectivity index (χ4v) is 1.96. The molecular formula is C10H14N4S. The molecule has 1 aromatic rings. The molecule has 0 saturated carbocycles. The first kappa shape index (κ1) is 10.3. The van der Waals surface area contributed by atoms with Crippen LogP contribution < -0.4 is 4.90 Å². The number of rotatable bonds is 1. The molecule has 2 heterocycles. The average Bonchev–Trinajstić information content (AvgIpc) is 2.60. The van der Waals surface area contributed by atoms with Crippen molar-refractivity contribution in [3.8, 4) is 0 Å². The topological polar surface area (TPSA) is 33.4 Å². The van der Waals surface area contributed by atoms with Crippen LogP contribution in [0.15, 0.2) is 11.1 Å². The van der Waals surface area contributed by atoms with Crippen LogP contribution in [0.2, 0.25) is 0 Å². The first-order valence-electron chi connectivity index (χ1n) is 4.96. The van der Waals surface area contributed by atoms with Crippen molar-refractivity contribution in [1.29, 1.82) is 0 Å². The Hall–Kier alpha value is -1.19. The van der Waals surface area contributed by atoms with Gasteiger partial charge in [-0.15, -0.1) is 0 Å². The van der Waals surface area contributed by atoms with Crippen LogP contribution in [-0.2, 0) is 6.54 Å². The standard InChI is InChI=1S/C10H14N4S/c1-10(2,3)13-4-5-14-9(13)6-8(12-14)11-7-15/h6H,4-5H2,1-3H3. The molecule has 0 aliphatic carbocycles. The smallest absolute Gasteiger partial charge is 0.186 e. The van der Waals surface area contributed by atoms with Crippen molar-refractivity contribution < 1.29 is 0 Å². The maximum atomic E-state index is 4.56. The van der Waals surface area contributed by atoms with E-state index in [-0.39, 0.29) is 5.54 Å². The Balaban J connectivity index is 2.38. The summed E-state index contributed by atoms with van der Waals surface area (Å²) in [5.74, 6) is 1.76. The lowest BCUT2D eigenvalue weighted by atomic mass is 10.1. The lowest BCUT2D eigenvalue weighted by Gasteiger charge is -2.32. The molecule has 0 unspecified atom stereocenters. The summed E-state index contributed by atoms with van der Waals surface area (Å²) in [5, 5.41) is 6.66. The number of thiocarbonyl (C=S) groups is 1. The Morgan fingerprint density at radius 3 is 2.80 bits per heavy atom. The number of nitrogens with zero attached hydrogens (tertiary/aromatic N) is 4. The highest BCUT2D eigenvalue weighted by Crippen LogP contribution is 2.31. The van der Waals surface area contributed by atoms with Gasteiger partial charge in [0, 0.05) is 18.2 Å². The van der Waals surface area contributed by atoms with E-state index in [9.17, 15) is 0 Å². The van der Waals surface area contributed by atoms with E-state index in [1.165, 1.54) is 0 Å². The zero-order valence-electron chi connectivity index (χ0n) is 9.19. The fourth-order valence-electron chi connectivity index (χ4n) is 1.87. The summed E-state index contributed by atoms with van der Waals surface area (Å²) < 4.78 is 1.97. The minimum atomic E-state index is 0.118. The van der Waals surface area contributed by atoms with E-state index in [4.69, 9.17) is 0 Å². The van der Waals surface area contributed by atoms with Crippen molar-refractivity contribution >= 4 is 29.0 Å². The van der Waals surface area contributed by atoms with Gasteiger partial charge in [0.05, 0.1) is 11.7 Å². The summed E-state index contributed by atoms with van der Waals surface area (Å²) in [6.07, 6.45) is 0. The minimum Gasteiger partial charge on any atom is -0.350 e. The Kier molecular flexibility index (Phi) is 2.37. The Bertz CT molecular complexity index is 423. The van der Waals surface area contributed by atoms with Gasteiger partial charge in [-0.25, -0.2) is 4.68 Å². The van der Waals surface area contributed by atoms with Crippen molar-refractivity contribution in [2.75, 3.05) is 11.4 Å². The third-order valence-corrected chi connectivity index (χ3v) is 2.62. The highest BCUT2D eigenvalue weighted by atomic mass is 32.1. The number of aromatic nitrogens is 2. The Morgan fingerprint density at radius 1 is 1.47 bits per heavy atom. The van der Waals surface area contributed by atoms with Gasteiger partial charge in [-0.05, 0) is 33.0 Å². The van der Waals surface area contributed by atoms with Crippen molar-refractivity contribution in [2.24, 2.45) is 4.99 Å². The van der Waals surface area contributed by atoms with Gasteiger partial charge in [0.2, 0.25) is 0 Å². The maximum absolute atomic E-state index is 4.56. The fraction of sp³-hybridized carbons (Fsp3) is 0.600. The molecule has 5 heteroatoms. The molecule has 1 aromatic heterocycles. The molecular weight excluding hydrogens is 208 g/mol. The van der Waals surface area contributed by atoms with Crippen LogP contribution in [0.4, 0.5) is 11.6 Å². The summed E-state index contributed by atoms with van der Waals surface area (Å²) in [6.45, 7) is 8.50. The highest BCUT2D eigenvalue weighted by molar-refractivity contribution is 7.78. The van der Waals surface area contributed by atoms with Crippen molar-refractivity contribution in [1.82, 2.24) is 9.78 Å². The number of hydrogen-bond acceptors (Lipinski definition) is 4. The van der Waals surface area contributed by atoms with Crippen LogP contribution >= 0.6 is 12.2 Å². The molecule has 0 radical (unpaired) electrons. The van der Waals surface area contributed by atoms with E-state index >= 15 is 0 Å². The van der Waals surface area contributed by atoms with E-state index in [0.717, 1.165) is 18.9 Å². The highest BCUT2D eigenvalue weighted by Gasteiger charge is 2.29. The first-order chi connectivity index (χ1) is 7.02. The molecule has 80 valence electrons. The largest absolute Gasteiger partial charge is 0.350 e. The maximum Gasteiger partial charge on any atom is 0.186 e. The molecule has 0 aromatic carbocycles. The van der Waals surface area contributed by atoms with Gasteiger partial charge >= 0.3 is 0 Å². The van der Waals surface area contributed by atoms with Crippen LogP contribution in [0.5, 0.6) is 0 Å². The Morgan fingerprint density at radius 2 is 2.20 bits per heavy atom. The van der Waals surface area contributed by atoms with Gasteiger partial charge in [0.1, 0.15) is 5.82 Å². The van der Waals surface area contributed by atoms with Crippen molar-refractivity contribution in [3.05, 3.63) is 6.07 Å². The minimum absolute atomic E-state index is 0.118. The molecule has 0 fully saturated rings. The Labute approximate surface area is 94.6 Å². The number of isothiocyanates is 1. The summed E-state index contributed by atoms with van der Waals surface area (Å²) >= 11 is 4.56. The van der Waals surface area contributed by atoms with Gasteiger partial charge < -0.3 is 4.90 Å². The molecule has 1 aliphatic heterocycles. The van der Waals surface area contributed by atoms with Crippen molar-refractivity contribution in [3.63, 3.8) is 0 Å². The summed E-state index contributed by atoms with van der Waals surface area (Å²) in [7, 11) is 0. The van der Waals surface area contributed by atoms with Crippen LogP contribution in [0.25, 0.3) is 0 Å². The molecule has 0 saturated heterocycles. The third kappa shape index (κ3) is 1.80. The quantitative estimate of drug-likeness (QED) is 0.539. The molecule has 0 bridgehead atoms. The normalized spacial score (nSPS) is 15.0. The average molecular weight is 222 g/mol. The third-order valence-electron chi connectivity index (χ3n) is 2.53. The predicted octanol–water partition coefficient (Wildman–Crippen LogP) is 2.24. The van der Waals surface area contributed by atoms with Crippen LogP contribution in [0.3, 0.4) is 0 Å². The SMILES string of the molecule is CC(C)(C)N1CCn2nc(N=C=S)cc21. The zero-order chi connectivity index (χ0) is 11.1. The van der Waals surface area contributed by atoms with E-state index in [0.29, 0.717) is 5.82 Å². The summed E-state index contributed by atoms with van der Waals surface area (Å²) in [5.41, 5.74) is 0.118. The second-order valence-electron chi connectivity index (χ2n) is 4.61. The van der Waals surface area contributed by atoms with Crippen molar-refractivity contribution in [2.45, 2.75) is 32.9 Å². The first-order valence-corrected chi connectivity index (χ1v) is 5.36. The second-order valence-corrected chi connectivity index (χ2v) is 4.79. The second kappa shape index (κ2) is 3.43. The zero-order valence-corrected chi connectivity index (χ0v) is 10.0. The summed E-state index contributed by atoms with van der Waals surface area (Å²) in [6, 6.07) is 1.96. The predicted molar refractivity (Wildman–Crippen MR) is 64.0 cm³/mol. The van der Waals surface area contributed by atoms with Gasteiger partial charge in [-0.1, -0.05) is 0 Å². The summed E-state index contributed by atoms with van der Waals surface area (Å²) in [4.78, 5) is 6.21. The van der Waals surface area contributed by atoms with E-state index in [1.54, 1.807) is 0 Å². The molecule has 4 nitrogen and oxygen atoms in total. The molecule has 2 rings (SSSR count). The van der Waals surface area contributed by atoms with Gasteiger partial charge in [-0.2, -0.15) is 10.1 Å². The molecule has 0 N–H and O–H groups in total. The van der Waals surface area contributed by atoms with Crippen LogP contribution in [-0.4, -0.2) is 27.0 Å². The van der Waals surface area contributed by atoms with E-state index < -0.39 is 0 Å². The molecule has 1 aliphatic rings. The van der Waals surface area contributed by atoms with Gasteiger partial charge in [-0.3, -0.25) is 0 Å². The molecule has 15 heavy (non-hydrogen) atoms. The molecule has 0 atom stereocenters. The van der Waals surface area contributed by atoms with E-state index in [1.807, 2.05) is 10.7 Å². The lowest BCUT2D eigenvalue weighted by Crippen LogP contribution is -2.39. The van der Waals surface area contributed by atoms with Crippen LogP contribution in [0, 0.1) is 0 Å². The van der Waals surface area contributed by atoms with Gasteiger partial charge in [0.15, 0.2) is 5.82 Å². The monoisotopic (exact) mass is 222 g/mol. The van der Waals surface area contributed by atoms with Gasteiger partial charge in [0.25, 0.3) is 0 Å². The molecule has 0 spiro atoms. The number of fused-ring (bicyclic) bond motifs is 1. The lowest BCUT2D eigenvalue weighted by molar-refractivity contribution is 0.516. The number of hydrogen-bond donors (Lipinski definition) is 0. The number of anilines is 1.